The monoisotopic (exact) mass is 316 g/mol. The number of aryl methyl sites for hydroxylation is 1. The van der Waals surface area contributed by atoms with Gasteiger partial charge in [-0.2, -0.15) is 0 Å². The number of unbranched alkanes of at least 4 members (excludes halogenated alkanes) is 6. The SMILES string of the molecule is CCCCCCCCCc1ccc(C(=O)NCCN=[N+]=[N-])cc1. The molecule has 0 fully saturated rings. The van der Waals surface area contributed by atoms with Crippen molar-refractivity contribution in [1.29, 1.82) is 0 Å². The van der Waals surface area contributed by atoms with Crippen LogP contribution in [0.3, 0.4) is 0 Å². The minimum absolute atomic E-state index is 0.124. The summed E-state index contributed by atoms with van der Waals surface area (Å²) < 4.78 is 0. The molecule has 1 rings (SSSR count). The van der Waals surface area contributed by atoms with Gasteiger partial charge in [-0.1, -0.05) is 62.7 Å². The second-order valence-electron chi connectivity index (χ2n) is 5.78. The summed E-state index contributed by atoms with van der Waals surface area (Å²) in [7, 11) is 0. The third-order valence-electron chi connectivity index (χ3n) is 3.85. The lowest BCUT2D eigenvalue weighted by atomic mass is 10.0. The summed E-state index contributed by atoms with van der Waals surface area (Å²) in [6.07, 6.45) is 10.3. The summed E-state index contributed by atoms with van der Waals surface area (Å²) >= 11 is 0. The van der Waals surface area contributed by atoms with Gasteiger partial charge in [-0.15, -0.1) is 0 Å². The van der Waals surface area contributed by atoms with E-state index >= 15 is 0 Å². The van der Waals surface area contributed by atoms with Gasteiger partial charge in [-0.3, -0.25) is 4.79 Å². The van der Waals surface area contributed by atoms with Crippen LogP contribution in [0.2, 0.25) is 0 Å². The number of carbonyl (C=O) groups excluding carboxylic acids is 1. The third kappa shape index (κ3) is 8.89. The fraction of sp³-hybridized carbons (Fsp3) is 0.611. The van der Waals surface area contributed by atoms with E-state index < -0.39 is 0 Å². The summed E-state index contributed by atoms with van der Waals surface area (Å²) in [6, 6.07) is 7.78. The first-order valence-corrected chi connectivity index (χ1v) is 8.66. The topological polar surface area (TPSA) is 77.9 Å². The maximum atomic E-state index is 11.9. The molecule has 1 amide bonds. The van der Waals surface area contributed by atoms with Gasteiger partial charge in [0.25, 0.3) is 5.91 Å². The third-order valence-corrected chi connectivity index (χ3v) is 3.85. The Kier molecular flexibility index (Phi) is 10.4. The average molecular weight is 316 g/mol. The molecule has 126 valence electrons. The smallest absolute Gasteiger partial charge is 0.251 e. The fourth-order valence-corrected chi connectivity index (χ4v) is 2.48. The van der Waals surface area contributed by atoms with E-state index in [0.717, 1.165) is 6.42 Å². The molecule has 5 heteroatoms. The molecule has 5 nitrogen and oxygen atoms in total. The van der Waals surface area contributed by atoms with Crippen molar-refractivity contribution in [2.45, 2.75) is 58.3 Å². The van der Waals surface area contributed by atoms with Crippen LogP contribution in [0.15, 0.2) is 29.4 Å². The van der Waals surface area contributed by atoms with E-state index in [1.54, 1.807) is 0 Å². The highest BCUT2D eigenvalue weighted by Crippen LogP contribution is 2.11. The Bertz CT molecular complexity index is 492. The van der Waals surface area contributed by atoms with Crippen molar-refractivity contribution in [3.8, 4) is 0 Å². The highest BCUT2D eigenvalue weighted by atomic mass is 16.1. The van der Waals surface area contributed by atoms with Crippen molar-refractivity contribution in [2.24, 2.45) is 5.11 Å². The van der Waals surface area contributed by atoms with Gasteiger partial charge in [0, 0.05) is 23.6 Å². The quantitative estimate of drug-likeness (QED) is 0.250. The molecule has 1 aromatic rings. The van der Waals surface area contributed by atoms with Gasteiger partial charge in [0.1, 0.15) is 0 Å². The Balaban J connectivity index is 2.22. The largest absolute Gasteiger partial charge is 0.352 e. The molecule has 0 spiro atoms. The number of carbonyl (C=O) groups is 1. The Morgan fingerprint density at radius 2 is 1.74 bits per heavy atom. The maximum Gasteiger partial charge on any atom is 0.251 e. The number of benzene rings is 1. The van der Waals surface area contributed by atoms with Gasteiger partial charge >= 0.3 is 0 Å². The Morgan fingerprint density at radius 1 is 1.09 bits per heavy atom. The zero-order valence-electron chi connectivity index (χ0n) is 14.1. The summed E-state index contributed by atoms with van der Waals surface area (Å²) in [5, 5.41) is 6.11. The molecule has 0 saturated heterocycles. The van der Waals surface area contributed by atoms with Gasteiger partial charge < -0.3 is 5.32 Å². The van der Waals surface area contributed by atoms with Crippen molar-refractivity contribution in [3.63, 3.8) is 0 Å². The summed E-state index contributed by atoms with van der Waals surface area (Å²) in [5.41, 5.74) is 10.1. The Labute approximate surface area is 139 Å². The molecule has 0 bridgehead atoms. The van der Waals surface area contributed by atoms with Gasteiger partial charge in [0.05, 0.1) is 0 Å². The molecule has 0 unspecified atom stereocenters. The van der Waals surface area contributed by atoms with Crippen LogP contribution in [0, 0.1) is 0 Å². The second-order valence-corrected chi connectivity index (χ2v) is 5.78. The van der Waals surface area contributed by atoms with Crippen molar-refractivity contribution in [3.05, 3.63) is 45.8 Å². The predicted molar refractivity (Wildman–Crippen MR) is 94.5 cm³/mol. The zero-order valence-corrected chi connectivity index (χ0v) is 14.1. The van der Waals surface area contributed by atoms with Gasteiger partial charge in [0.15, 0.2) is 0 Å². The van der Waals surface area contributed by atoms with Gasteiger partial charge in [-0.25, -0.2) is 0 Å². The molecular formula is C18H28N4O. The van der Waals surface area contributed by atoms with E-state index in [9.17, 15) is 4.79 Å². The molecule has 23 heavy (non-hydrogen) atoms. The number of hydrogen-bond acceptors (Lipinski definition) is 2. The maximum absolute atomic E-state index is 11.9. The first-order chi connectivity index (χ1) is 11.3. The van der Waals surface area contributed by atoms with Crippen LogP contribution in [0.1, 0.15) is 67.8 Å². The van der Waals surface area contributed by atoms with E-state index in [1.807, 2.05) is 24.3 Å². The number of nitrogens with one attached hydrogen (secondary N) is 1. The Hall–Kier alpha value is -2.00. The number of nitrogens with zero attached hydrogens (tertiary/aromatic N) is 3. The zero-order chi connectivity index (χ0) is 16.8. The lowest BCUT2D eigenvalue weighted by molar-refractivity contribution is 0.0955. The van der Waals surface area contributed by atoms with E-state index in [0.29, 0.717) is 12.1 Å². The predicted octanol–water partition coefficient (Wildman–Crippen LogP) is 5.02. The fourth-order valence-electron chi connectivity index (χ4n) is 2.48. The number of rotatable bonds is 12. The molecule has 0 aliphatic heterocycles. The van der Waals surface area contributed by atoms with Crippen molar-refractivity contribution in [1.82, 2.24) is 5.32 Å². The number of amides is 1. The van der Waals surface area contributed by atoms with Crippen molar-refractivity contribution < 1.29 is 4.79 Å². The van der Waals surface area contributed by atoms with Crippen LogP contribution in [-0.4, -0.2) is 19.0 Å². The van der Waals surface area contributed by atoms with Crippen LogP contribution in [0.4, 0.5) is 0 Å². The van der Waals surface area contributed by atoms with Gasteiger partial charge in [0.2, 0.25) is 0 Å². The molecule has 0 aromatic heterocycles. The highest BCUT2D eigenvalue weighted by Gasteiger charge is 2.04. The lowest BCUT2D eigenvalue weighted by Crippen LogP contribution is -2.25. The van der Waals surface area contributed by atoms with Crippen molar-refractivity contribution >= 4 is 5.91 Å². The van der Waals surface area contributed by atoms with E-state index in [1.165, 1.54) is 50.5 Å². The average Bonchev–Trinajstić information content (AvgIpc) is 2.58. The van der Waals surface area contributed by atoms with Crippen LogP contribution in [0.25, 0.3) is 10.4 Å². The Morgan fingerprint density at radius 3 is 2.39 bits per heavy atom. The van der Waals surface area contributed by atoms with Crippen LogP contribution < -0.4 is 5.32 Å². The molecule has 0 radical (unpaired) electrons. The van der Waals surface area contributed by atoms with E-state index in [2.05, 4.69) is 22.3 Å². The summed E-state index contributed by atoms with van der Waals surface area (Å²) in [5.74, 6) is -0.124. The molecule has 0 aliphatic carbocycles. The summed E-state index contributed by atoms with van der Waals surface area (Å²) in [4.78, 5) is 14.5. The number of hydrogen-bond donors (Lipinski definition) is 1. The molecule has 0 aliphatic rings. The standard InChI is InChI=1S/C18H28N4O/c1-2-3-4-5-6-7-8-9-16-10-12-17(13-11-16)18(23)20-14-15-21-22-19/h10-13H,2-9,14-15H2,1H3,(H,20,23). The first kappa shape index (κ1) is 19.0. The molecular weight excluding hydrogens is 288 g/mol. The molecule has 0 atom stereocenters. The molecule has 0 heterocycles. The lowest BCUT2D eigenvalue weighted by Gasteiger charge is -2.05. The summed E-state index contributed by atoms with van der Waals surface area (Å²) in [6.45, 7) is 2.88. The van der Waals surface area contributed by atoms with Crippen LogP contribution in [-0.2, 0) is 6.42 Å². The molecule has 1 aromatic carbocycles. The second kappa shape index (κ2) is 12.5. The highest BCUT2D eigenvalue weighted by molar-refractivity contribution is 5.94. The minimum atomic E-state index is -0.124. The molecule has 1 N–H and O–H groups in total. The normalized spacial score (nSPS) is 10.1. The van der Waals surface area contributed by atoms with Crippen LogP contribution >= 0.6 is 0 Å². The molecule has 0 saturated carbocycles. The van der Waals surface area contributed by atoms with Gasteiger partial charge in [-0.05, 0) is 36.1 Å². The minimum Gasteiger partial charge on any atom is -0.352 e. The van der Waals surface area contributed by atoms with E-state index in [4.69, 9.17) is 5.53 Å². The van der Waals surface area contributed by atoms with E-state index in [-0.39, 0.29) is 12.5 Å². The first-order valence-electron chi connectivity index (χ1n) is 8.66. The number of azide groups is 1. The van der Waals surface area contributed by atoms with Crippen LogP contribution in [0.5, 0.6) is 0 Å². The van der Waals surface area contributed by atoms with Crippen molar-refractivity contribution in [2.75, 3.05) is 13.1 Å².